The van der Waals surface area contributed by atoms with E-state index in [4.69, 9.17) is 11.5 Å². The Bertz CT molecular complexity index is 788. The number of hydrogen-bond acceptors (Lipinski definition) is 6. The Hall–Kier alpha value is -2.59. The second-order valence-corrected chi connectivity index (χ2v) is 9.53. The van der Waals surface area contributed by atoms with Gasteiger partial charge in [-0.05, 0) is 53.4 Å². The number of carboxylic acid groups (broad SMARTS) is 1. The predicted octanol–water partition coefficient (Wildman–Crippen LogP) is 2.03. The van der Waals surface area contributed by atoms with Gasteiger partial charge in [-0.25, -0.2) is 4.79 Å². The van der Waals surface area contributed by atoms with Gasteiger partial charge in [0.05, 0.1) is 19.0 Å². The second kappa shape index (κ2) is 17.8. The summed E-state index contributed by atoms with van der Waals surface area (Å²) in [6, 6.07) is -2.25. The molecule has 3 amide bonds. The summed E-state index contributed by atoms with van der Waals surface area (Å²) in [5.74, 6) is -2.45. The first-order valence-electron chi connectivity index (χ1n) is 11.3. The van der Waals surface area contributed by atoms with Crippen molar-refractivity contribution in [1.82, 2.24) is 10.6 Å². The first-order chi connectivity index (χ1) is 15.9. The lowest BCUT2D eigenvalue weighted by Gasteiger charge is -2.15. The zero-order valence-corrected chi connectivity index (χ0v) is 21.5. The van der Waals surface area contributed by atoms with Crippen LogP contribution < -0.4 is 22.1 Å². The zero-order chi connectivity index (χ0) is 26.1. The molecule has 0 spiro atoms. The summed E-state index contributed by atoms with van der Waals surface area (Å²) >= 11 is 1.40. The number of primary amides is 1. The predicted molar refractivity (Wildman–Crippen MR) is 137 cm³/mol. The van der Waals surface area contributed by atoms with Crippen LogP contribution in [0.15, 0.2) is 34.9 Å². The van der Waals surface area contributed by atoms with Gasteiger partial charge in [-0.15, -0.1) is 0 Å². The van der Waals surface area contributed by atoms with Crippen LogP contribution in [0.4, 0.5) is 0 Å². The summed E-state index contributed by atoms with van der Waals surface area (Å²) in [5.41, 5.74) is 14.4. The van der Waals surface area contributed by atoms with E-state index >= 15 is 0 Å². The van der Waals surface area contributed by atoms with E-state index in [0.29, 0.717) is 5.75 Å². The van der Waals surface area contributed by atoms with E-state index < -0.39 is 42.3 Å². The van der Waals surface area contributed by atoms with Crippen LogP contribution in [0.5, 0.6) is 0 Å². The fraction of sp³-hybridized carbons (Fsp3) is 0.583. The molecule has 9 nitrogen and oxygen atoms in total. The third kappa shape index (κ3) is 17.0. The number of allylic oxidation sites excluding steroid dienone is 5. The maximum absolute atomic E-state index is 12.0. The number of aliphatic carboxylic acids is 1. The van der Waals surface area contributed by atoms with E-state index in [1.165, 1.54) is 28.5 Å². The van der Waals surface area contributed by atoms with E-state index in [1.807, 2.05) is 0 Å². The molecule has 0 fully saturated rings. The summed E-state index contributed by atoms with van der Waals surface area (Å²) in [6.45, 7) is 7.96. The fourth-order valence-corrected chi connectivity index (χ4v) is 3.75. The van der Waals surface area contributed by atoms with Crippen molar-refractivity contribution in [2.45, 2.75) is 71.9 Å². The summed E-state index contributed by atoms with van der Waals surface area (Å²) < 4.78 is 0. The van der Waals surface area contributed by atoms with Crippen molar-refractivity contribution < 1.29 is 24.3 Å². The minimum Gasteiger partial charge on any atom is -0.480 e. The van der Waals surface area contributed by atoms with Crippen molar-refractivity contribution >= 4 is 35.5 Å². The third-order valence-electron chi connectivity index (χ3n) is 4.77. The van der Waals surface area contributed by atoms with E-state index in [9.17, 15) is 24.3 Å². The summed E-state index contributed by atoms with van der Waals surface area (Å²) in [7, 11) is 0. The molecule has 0 unspecified atom stereocenters. The largest absolute Gasteiger partial charge is 0.480 e. The quantitative estimate of drug-likeness (QED) is 0.152. The van der Waals surface area contributed by atoms with Gasteiger partial charge in [-0.2, -0.15) is 11.8 Å². The molecule has 0 aliphatic carbocycles. The van der Waals surface area contributed by atoms with Crippen LogP contribution in [0.3, 0.4) is 0 Å². The minimum absolute atomic E-state index is 0.184. The second-order valence-electron chi connectivity index (χ2n) is 8.45. The SMILES string of the molecule is CC(C)=CCC/C(C)=C/CC/C(C)=C/CSC[C@H](NC(=O)CNC(=O)[C@@H](N)CC(N)=O)C(=O)O. The van der Waals surface area contributed by atoms with Gasteiger partial charge in [0, 0.05) is 11.5 Å². The molecule has 0 aromatic carbocycles. The summed E-state index contributed by atoms with van der Waals surface area (Å²) in [6.07, 6.45) is 10.3. The lowest BCUT2D eigenvalue weighted by Crippen LogP contribution is -2.49. The van der Waals surface area contributed by atoms with Gasteiger partial charge >= 0.3 is 5.97 Å². The summed E-state index contributed by atoms with van der Waals surface area (Å²) in [5, 5.41) is 14.0. The van der Waals surface area contributed by atoms with Crippen LogP contribution in [0.2, 0.25) is 0 Å². The number of carbonyl (C=O) groups is 4. The van der Waals surface area contributed by atoms with Crippen molar-refractivity contribution in [2.75, 3.05) is 18.1 Å². The van der Waals surface area contributed by atoms with Gasteiger partial charge < -0.3 is 27.2 Å². The van der Waals surface area contributed by atoms with Crippen molar-refractivity contribution in [3.63, 3.8) is 0 Å². The average molecular weight is 497 g/mol. The molecule has 7 N–H and O–H groups in total. The van der Waals surface area contributed by atoms with Crippen LogP contribution in [0, 0.1) is 0 Å². The Balaban J connectivity index is 4.34. The number of carbonyl (C=O) groups excluding carboxylic acids is 3. The maximum Gasteiger partial charge on any atom is 0.327 e. The normalized spacial score (nSPS) is 13.6. The first kappa shape index (κ1) is 31.4. The molecule has 2 atom stereocenters. The molecule has 0 aromatic rings. The topological polar surface area (TPSA) is 165 Å². The smallest absolute Gasteiger partial charge is 0.327 e. The molecule has 0 rings (SSSR count). The van der Waals surface area contributed by atoms with Gasteiger partial charge in [-0.1, -0.05) is 34.9 Å². The molecule has 0 aromatic heterocycles. The third-order valence-corrected chi connectivity index (χ3v) is 5.74. The molecule has 0 aliphatic heterocycles. The number of rotatable bonds is 17. The van der Waals surface area contributed by atoms with Crippen molar-refractivity contribution in [3.8, 4) is 0 Å². The number of amides is 3. The minimum atomic E-state index is -1.16. The lowest BCUT2D eigenvalue weighted by molar-refractivity contribution is -0.141. The Morgan fingerprint density at radius 3 is 2.12 bits per heavy atom. The van der Waals surface area contributed by atoms with E-state index in [1.54, 1.807) is 0 Å². The Morgan fingerprint density at radius 2 is 1.56 bits per heavy atom. The van der Waals surface area contributed by atoms with Gasteiger partial charge in [0.25, 0.3) is 0 Å². The fourth-order valence-electron chi connectivity index (χ4n) is 2.75. The molecule has 192 valence electrons. The number of carboxylic acids is 1. The zero-order valence-electron chi connectivity index (χ0n) is 20.7. The molecule has 0 saturated carbocycles. The van der Waals surface area contributed by atoms with E-state index in [0.717, 1.165) is 25.7 Å². The van der Waals surface area contributed by atoms with E-state index in [-0.39, 0.29) is 12.2 Å². The number of hydrogen-bond donors (Lipinski definition) is 5. The van der Waals surface area contributed by atoms with Crippen LogP contribution in [0.1, 0.15) is 59.8 Å². The van der Waals surface area contributed by atoms with Crippen LogP contribution in [0.25, 0.3) is 0 Å². The molecule has 10 heteroatoms. The standard InChI is InChI=1S/C24H40N4O5S/c1-16(2)7-5-8-17(3)9-6-10-18(4)11-12-34-15-20(24(32)33)28-22(30)14-27-23(31)19(25)13-21(26)29/h7,9,11,19-20H,5-6,8,10,12-15,25H2,1-4H3,(H2,26,29)(H,27,31)(H,28,30)(H,32,33)/b17-9+,18-11+/t19-,20-/m0/s1. The monoisotopic (exact) mass is 496 g/mol. The number of nitrogens with one attached hydrogen (secondary N) is 2. The molecule has 0 bridgehead atoms. The van der Waals surface area contributed by atoms with Crippen LogP contribution >= 0.6 is 11.8 Å². The molecule has 0 radical (unpaired) electrons. The van der Waals surface area contributed by atoms with Crippen LogP contribution in [-0.2, 0) is 19.2 Å². The molecular formula is C24H40N4O5S. The highest BCUT2D eigenvalue weighted by atomic mass is 32.2. The Morgan fingerprint density at radius 1 is 0.971 bits per heavy atom. The lowest BCUT2D eigenvalue weighted by atomic mass is 10.1. The molecular weight excluding hydrogens is 456 g/mol. The highest BCUT2D eigenvalue weighted by Crippen LogP contribution is 2.13. The van der Waals surface area contributed by atoms with Crippen molar-refractivity contribution in [2.24, 2.45) is 11.5 Å². The molecule has 0 aliphatic rings. The molecule has 34 heavy (non-hydrogen) atoms. The Kier molecular flexibility index (Phi) is 16.5. The van der Waals surface area contributed by atoms with Crippen molar-refractivity contribution in [1.29, 1.82) is 0 Å². The van der Waals surface area contributed by atoms with E-state index in [2.05, 4.69) is 56.6 Å². The van der Waals surface area contributed by atoms with Crippen LogP contribution in [-0.4, -0.2) is 58.9 Å². The maximum atomic E-state index is 12.0. The van der Waals surface area contributed by atoms with Gasteiger partial charge in [0.15, 0.2) is 0 Å². The number of nitrogens with two attached hydrogens (primary N) is 2. The number of thioether (sulfide) groups is 1. The molecule has 0 saturated heterocycles. The van der Waals surface area contributed by atoms with Gasteiger partial charge in [0.1, 0.15) is 6.04 Å². The highest BCUT2D eigenvalue weighted by molar-refractivity contribution is 7.99. The molecule has 0 heterocycles. The summed E-state index contributed by atoms with van der Waals surface area (Å²) in [4.78, 5) is 45.9. The van der Waals surface area contributed by atoms with Gasteiger partial charge in [-0.3, -0.25) is 14.4 Å². The average Bonchev–Trinajstić information content (AvgIpc) is 2.73. The van der Waals surface area contributed by atoms with Gasteiger partial charge in [0.2, 0.25) is 17.7 Å². The first-order valence-corrected chi connectivity index (χ1v) is 12.4. The van der Waals surface area contributed by atoms with Crippen molar-refractivity contribution in [3.05, 3.63) is 34.9 Å². The highest BCUT2D eigenvalue weighted by Gasteiger charge is 2.21. The Labute approximate surface area is 206 Å².